The molecule has 140 heavy (non-hydrogen) atoms. The van der Waals surface area contributed by atoms with Crippen LogP contribution in [0.25, 0.3) is 22.0 Å². The minimum Gasteiger partial charge on any atom is -0.460 e. The van der Waals surface area contributed by atoms with Crippen molar-refractivity contribution in [3.05, 3.63) is 178 Å². The van der Waals surface area contributed by atoms with Gasteiger partial charge < -0.3 is 83.9 Å². The van der Waals surface area contributed by atoms with Gasteiger partial charge in [0.1, 0.15) is 48.0 Å². The van der Waals surface area contributed by atoms with Crippen molar-refractivity contribution >= 4 is 99.2 Å². The molecule has 11 amide bonds. The summed E-state index contributed by atoms with van der Waals surface area (Å²) in [6.07, 6.45) is 2.03. The maximum Gasteiger partial charge on any atom is 0.424 e. The number of ether oxygens (including phenoxy) is 7. The van der Waals surface area contributed by atoms with Gasteiger partial charge in [0.05, 0.1) is 82.1 Å². The van der Waals surface area contributed by atoms with E-state index >= 15 is 4.79 Å². The van der Waals surface area contributed by atoms with E-state index in [4.69, 9.17) is 33.2 Å². The Morgan fingerprint density at radius 2 is 1.24 bits per heavy atom. The highest BCUT2D eigenvalue weighted by molar-refractivity contribution is 7.09. The lowest BCUT2D eigenvalue weighted by Crippen LogP contribution is -2.60. The number of anilines is 1. The van der Waals surface area contributed by atoms with Crippen LogP contribution in [-0.2, 0) is 107 Å². The average Bonchev–Trinajstić information content (AvgIpc) is 1.62. The number of esters is 1. The average molecular weight is 1950 g/mol. The minimum absolute atomic E-state index is 0.0597. The molecule has 7 aromatic rings. The molecule has 762 valence electrons. The molecule has 0 radical (unpaired) electrons. The molecule has 33 nitrogen and oxygen atoms in total. The van der Waals surface area contributed by atoms with Crippen LogP contribution in [0.1, 0.15) is 199 Å². The van der Waals surface area contributed by atoms with Crippen molar-refractivity contribution in [2.45, 2.75) is 252 Å². The molecule has 2 saturated heterocycles. The fourth-order valence-corrected chi connectivity index (χ4v) is 19.6. The molecule has 11 atom stereocenters. The largest absolute Gasteiger partial charge is 0.460 e. The Morgan fingerprint density at radius 3 is 1.86 bits per heavy atom. The van der Waals surface area contributed by atoms with Gasteiger partial charge in [-0.1, -0.05) is 178 Å². The zero-order valence-corrected chi connectivity index (χ0v) is 85.9. The van der Waals surface area contributed by atoms with Gasteiger partial charge in [-0.15, -0.1) is 11.3 Å². The first kappa shape index (κ1) is 110. The van der Waals surface area contributed by atoms with Crippen molar-refractivity contribution in [3.63, 3.8) is 0 Å². The fourth-order valence-electron chi connectivity index (χ4n) is 18.9. The third-order valence-corrected chi connectivity index (χ3v) is 27.7. The van der Waals surface area contributed by atoms with Crippen molar-refractivity contribution in [1.29, 1.82) is 0 Å². The summed E-state index contributed by atoms with van der Waals surface area (Å²) in [5.74, 6) is -6.24. The number of amides is 11. The van der Waals surface area contributed by atoms with Crippen molar-refractivity contribution in [2.75, 3.05) is 107 Å². The second kappa shape index (κ2) is 52.7. The molecule has 5 aromatic carbocycles. The van der Waals surface area contributed by atoms with Gasteiger partial charge in [-0.05, 0) is 147 Å². The Bertz CT molecular complexity index is 5230. The number of benzene rings is 5. The lowest BCUT2D eigenvalue weighted by atomic mass is 9.89. The number of piperidine rings is 1. The number of thiazole rings is 1. The molecule has 0 bridgehead atoms. The molecule has 0 unspecified atom stereocenters. The highest BCUT2D eigenvalue weighted by Gasteiger charge is 2.45. The number of rotatable bonds is 50. The molecular weight excluding hydrogens is 1810 g/mol. The number of likely N-dealkylation sites (tertiary alicyclic amines) is 2. The normalized spacial score (nSPS) is 16.1. The van der Waals surface area contributed by atoms with Crippen LogP contribution in [0.5, 0.6) is 0 Å². The molecule has 2 aliphatic heterocycles. The lowest BCUT2D eigenvalue weighted by Gasteiger charge is -2.41. The molecular formula is C106H148N14O19S. The molecule has 5 N–H and O–H groups in total. The van der Waals surface area contributed by atoms with E-state index in [2.05, 4.69) is 66.5 Å². The van der Waals surface area contributed by atoms with Gasteiger partial charge in [-0.25, -0.2) is 24.6 Å². The quantitative estimate of drug-likeness (QED) is 0.0102. The number of hydrazine groups is 1. The summed E-state index contributed by atoms with van der Waals surface area (Å²) >= 11 is 1.47. The number of aromatic nitrogens is 2. The monoisotopic (exact) mass is 1950 g/mol. The summed E-state index contributed by atoms with van der Waals surface area (Å²) < 4.78 is 43.2. The van der Waals surface area contributed by atoms with Crippen LogP contribution in [0.15, 0.2) is 145 Å². The van der Waals surface area contributed by atoms with Crippen LogP contribution in [0.4, 0.5) is 15.3 Å². The molecule has 10 rings (SSSR count). The third kappa shape index (κ3) is 30.2. The van der Waals surface area contributed by atoms with Gasteiger partial charge >= 0.3 is 18.2 Å². The highest BCUT2D eigenvalue weighted by atomic mass is 32.1. The van der Waals surface area contributed by atoms with Crippen LogP contribution in [-0.4, -0.2) is 277 Å². The number of nitrogens with zero attached hydrogens (tertiary/aromatic N) is 9. The summed E-state index contributed by atoms with van der Waals surface area (Å²) in [5, 5.41) is 21.4. The SMILES string of the molecule is CC[C@H](C)[C@@H]([C@@H](CC(=O)N1CCC[C@H]1[C@H](OC)[C@@H](C)C(=O)N[C@@H](Cc1ccccc1)c1nccs1)OC)N(C)C(=O)[C@@H](NC(=O)[C@H](C(C)C)N(C)C(=O)OCc1ccc(NC(=O)[C@H](C)NC(=O)[C@@H](NC(=O)CCC(=O)N(CCOCCOCCC(=O)OC(C)(C)C)C2CCN(C(=O)CCn3c(CN(C)N(C)C(=O)OCC4c5ccccc5-c5ccccc54)cc4ccccc43)CC2)C(C)C)cc1)C(C)C. The molecule has 2 fully saturated rings. The zero-order chi connectivity index (χ0) is 102. The Labute approximate surface area is 828 Å². The standard InChI is InChI=1S/C106H148N14O19S/c1-20-70(8)96(87(133-18)63-91(124)120-51-30-39-86(120)97(134-19)71(9)98(126)110-84(102-107-50-60-140-102)61-73-31-22-21-23-32-73)114(15)103(130)94(68(4)5)112-101(129)95(69(6)7)115(16)104(131)137-65-74-40-42-76(43-41-74)109-99(127)72(10)108-100(128)93(67(2)3)111-88(121)44-45-90(123)119(55-57-136-59-58-135-56-49-92(125)139-106(11,12)13)77-46-52-117(53-47-77)89(122)48-54-118-78(62-75-33-24-29-38-85(75)118)64-113(14)116(17)105(132)138-66-83-81-36-27-25-34-79(81)80-35-26-28-37-82(80)83/h21-29,31-38,40-43,50,60,62,67-72,77,83-84,86-87,93-97H,20,30,39,44-49,51-59,61,63-66H2,1-19H3,(H,108,128)(H,109,127)(H,110,126)(H,111,121)(H,112,129)/t70-,71+,72-,84-,86-,87+,93-,94-,95-,96-,97+/m0/s1. The molecule has 1 aliphatic carbocycles. The summed E-state index contributed by atoms with van der Waals surface area (Å²) in [7, 11) is 9.68. The number of fused-ring (bicyclic) bond motifs is 4. The number of para-hydroxylation sites is 1. The number of hydrogen-bond acceptors (Lipinski definition) is 22. The van der Waals surface area contributed by atoms with E-state index in [1.54, 1.807) is 120 Å². The summed E-state index contributed by atoms with van der Waals surface area (Å²) in [5.41, 5.74) is 7.66. The van der Waals surface area contributed by atoms with Crippen LogP contribution < -0.4 is 26.6 Å². The van der Waals surface area contributed by atoms with Crippen LogP contribution in [0, 0.1) is 29.6 Å². The molecule has 3 aliphatic rings. The van der Waals surface area contributed by atoms with Crippen LogP contribution >= 0.6 is 11.3 Å². The smallest absolute Gasteiger partial charge is 0.424 e. The number of nitrogens with one attached hydrogen (secondary N) is 5. The van der Waals surface area contributed by atoms with Gasteiger partial charge in [-0.3, -0.25) is 52.8 Å². The topological polar surface area (TPSA) is 370 Å². The molecule has 2 aromatic heterocycles. The van der Waals surface area contributed by atoms with E-state index in [1.807, 2.05) is 131 Å². The van der Waals surface area contributed by atoms with Crippen molar-refractivity contribution in [1.82, 2.24) is 65.3 Å². The van der Waals surface area contributed by atoms with E-state index in [9.17, 15) is 52.7 Å². The first-order valence-electron chi connectivity index (χ1n) is 49.2. The first-order chi connectivity index (χ1) is 66.8. The number of carbonyl (C=O) groups is 12. The number of carbonyl (C=O) groups excluding carboxylic acids is 12. The highest BCUT2D eigenvalue weighted by Crippen LogP contribution is 2.45. The van der Waals surface area contributed by atoms with Gasteiger partial charge in [-0.2, -0.15) is 0 Å². The van der Waals surface area contributed by atoms with Crippen molar-refractivity contribution in [2.24, 2.45) is 29.6 Å². The maximum absolute atomic E-state index is 15.0. The van der Waals surface area contributed by atoms with Gasteiger partial charge in [0.2, 0.25) is 53.2 Å². The number of likely N-dealkylation sites (N-methyl/N-ethyl adjacent to an activating group) is 2. The summed E-state index contributed by atoms with van der Waals surface area (Å²) in [4.78, 5) is 181. The Balaban J connectivity index is 0.678. The summed E-state index contributed by atoms with van der Waals surface area (Å²) in [6.45, 7) is 25.9. The molecule has 0 saturated carbocycles. The van der Waals surface area contributed by atoms with E-state index in [0.717, 1.165) is 49.4 Å². The maximum atomic E-state index is 15.0. The molecule has 4 heterocycles. The Morgan fingerprint density at radius 1 is 0.600 bits per heavy atom. The van der Waals surface area contributed by atoms with Crippen LogP contribution in [0.2, 0.25) is 0 Å². The number of methoxy groups -OCH3 is 2. The van der Waals surface area contributed by atoms with E-state index in [1.165, 1.54) is 42.3 Å². The predicted octanol–water partition coefficient (Wildman–Crippen LogP) is 13.1. The first-order valence-corrected chi connectivity index (χ1v) is 50.1. The predicted molar refractivity (Wildman–Crippen MR) is 536 cm³/mol. The number of aryl methyl sites for hydroxylation is 1. The lowest BCUT2D eigenvalue weighted by molar-refractivity contribution is -0.156. The Hall–Kier alpha value is -11.7. The van der Waals surface area contributed by atoms with E-state index in [-0.39, 0.29) is 132 Å². The fraction of sp³-hybridized carbons (Fsp3) is 0.557. The van der Waals surface area contributed by atoms with E-state index in [0.29, 0.717) is 82.5 Å². The molecule has 0 spiro atoms. The van der Waals surface area contributed by atoms with Crippen LogP contribution in [0.3, 0.4) is 0 Å². The second-order valence-electron chi connectivity index (χ2n) is 39.0. The van der Waals surface area contributed by atoms with Crippen molar-refractivity contribution < 1.29 is 90.7 Å². The molecule has 34 heteroatoms. The second-order valence-corrected chi connectivity index (χ2v) is 39.9. The van der Waals surface area contributed by atoms with Gasteiger partial charge in [0.25, 0.3) is 0 Å². The van der Waals surface area contributed by atoms with E-state index < -0.39 is 119 Å². The van der Waals surface area contributed by atoms with Gasteiger partial charge in [0, 0.05) is 135 Å². The van der Waals surface area contributed by atoms with Gasteiger partial charge in [0.15, 0.2) is 0 Å². The zero-order valence-electron chi connectivity index (χ0n) is 85.0. The van der Waals surface area contributed by atoms with Crippen molar-refractivity contribution in [3.8, 4) is 11.1 Å². The Kier molecular flexibility index (Phi) is 41.5. The number of hydrogen-bond donors (Lipinski definition) is 5. The summed E-state index contributed by atoms with van der Waals surface area (Å²) in [6, 6.07) is 36.7. The minimum atomic E-state index is -1.10. The third-order valence-electron chi connectivity index (χ3n) is 26.9.